The van der Waals surface area contributed by atoms with Crippen LogP contribution in [0.25, 0.3) is 0 Å². The van der Waals surface area contributed by atoms with Crippen molar-refractivity contribution in [2.75, 3.05) is 25.4 Å². The number of carbonyl (C=O) groups is 3. The molecule has 5 N–H and O–H groups in total. The summed E-state index contributed by atoms with van der Waals surface area (Å²) in [5.41, 5.74) is -1.25. The standard InChI is InChI=1S/C25H49N2O8PS/c1-4-5-6-7-8-9-10-11-12-13-14-15-22(29)37-19-18-26-21(28)16-17-27-24(31)23(30)25(2,3)20-35-36(32,33)34/h23,30H,4-20H2,1-3H3,(H,26,28)(H,27,31)(H2,32,33,34)/t23-/m1/s1. The van der Waals surface area contributed by atoms with Gasteiger partial charge in [0, 0.05) is 37.1 Å². The number of carbonyl (C=O) groups excluding carboxylic acids is 3. The predicted molar refractivity (Wildman–Crippen MR) is 147 cm³/mol. The van der Waals surface area contributed by atoms with E-state index in [2.05, 4.69) is 22.1 Å². The molecule has 0 aliphatic rings. The highest BCUT2D eigenvalue weighted by molar-refractivity contribution is 8.13. The molecule has 0 aromatic rings. The van der Waals surface area contributed by atoms with Crippen molar-refractivity contribution in [3.8, 4) is 0 Å². The summed E-state index contributed by atoms with van der Waals surface area (Å²) in [6, 6.07) is 0. The Morgan fingerprint density at radius 1 is 0.865 bits per heavy atom. The number of aliphatic hydroxyl groups excluding tert-OH is 1. The number of hydrogen-bond donors (Lipinski definition) is 5. The van der Waals surface area contributed by atoms with E-state index >= 15 is 0 Å². The second kappa shape index (κ2) is 20.9. The predicted octanol–water partition coefficient (Wildman–Crippen LogP) is 4.07. The molecule has 0 unspecified atom stereocenters. The number of rotatable bonds is 23. The zero-order valence-electron chi connectivity index (χ0n) is 22.8. The van der Waals surface area contributed by atoms with Gasteiger partial charge in [-0.2, -0.15) is 0 Å². The van der Waals surface area contributed by atoms with Gasteiger partial charge in [0.25, 0.3) is 0 Å². The molecule has 0 radical (unpaired) electrons. The molecule has 0 saturated carbocycles. The first-order valence-electron chi connectivity index (χ1n) is 13.5. The average Bonchev–Trinajstić information content (AvgIpc) is 2.83. The smallest absolute Gasteiger partial charge is 0.383 e. The highest BCUT2D eigenvalue weighted by Gasteiger charge is 2.35. The van der Waals surface area contributed by atoms with Crippen molar-refractivity contribution in [1.29, 1.82) is 0 Å². The van der Waals surface area contributed by atoms with Gasteiger partial charge in [0.1, 0.15) is 6.10 Å². The first-order chi connectivity index (χ1) is 17.4. The number of hydrogen-bond acceptors (Lipinski definition) is 7. The van der Waals surface area contributed by atoms with Gasteiger partial charge in [0.2, 0.25) is 11.8 Å². The van der Waals surface area contributed by atoms with Crippen molar-refractivity contribution in [3.63, 3.8) is 0 Å². The second-order valence-corrected chi connectivity index (χ2v) is 12.4. The molecule has 12 heteroatoms. The lowest BCUT2D eigenvalue weighted by atomic mass is 9.87. The summed E-state index contributed by atoms with van der Waals surface area (Å²) in [6.07, 6.45) is 12.6. The molecule has 0 aromatic heterocycles. The molecule has 0 saturated heterocycles. The lowest BCUT2D eigenvalue weighted by Crippen LogP contribution is -2.46. The van der Waals surface area contributed by atoms with Gasteiger partial charge in [-0.05, 0) is 6.42 Å². The van der Waals surface area contributed by atoms with Crippen LogP contribution >= 0.6 is 19.6 Å². The van der Waals surface area contributed by atoms with Gasteiger partial charge in [0.15, 0.2) is 5.12 Å². The molecular weight excluding hydrogens is 519 g/mol. The first kappa shape index (κ1) is 36.0. The zero-order chi connectivity index (χ0) is 28.2. The SMILES string of the molecule is CCCCCCCCCCCCCC(=O)SCCNC(=O)CCNC(=O)[C@@H](O)C(C)(C)COP(=O)(O)O. The Morgan fingerprint density at radius 3 is 1.95 bits per heavy atom. The maximum Gasteiger partial charge on any atom is 0.469 e. The molecular formula is C25H49N2O8PS. The maximum atomic E-state index is 12.1. The van der Waals surface area contributed by atoms with E-state index in [1.54, 1.807) is 0 Å². The minimum absolute atomic E-state index is 0.00474. The lowest BCUT2D eigenvalue weighted by molar-refractivity contribution is -0.137. The number of phosphoric ester groups is 1. The van der Waals surface area contributed by atoms with E-state index in [9.17, 15) is 24.1 Å². The molecule has 0 aromatic carbocycles. The number of aliphatic hydroxyl groups is 1. The van der Waals surface area contributed by atoms with E-state index < -0.39 is 31.9 Å². The van der Waals surface area contributed by atoms with Crippen LogP contribution in [0.15, 0.2) is 0 Å². The van der Waals surface area contributed by atoms with Crippen molar-refractivity contribution in [2.45, 2.75) is 110 Å². The van der Waals surface area contributed by atoms with Crippen LogP contribution in [0.2, 0.25) is 0 Å². The Morgan fingerprint density at radius 2 is 1.41 bits per heavy atom. The summed E-state index contributed by atoms with van der Waals surface area (Å²) in [5.74, 6) is -0.575. The summed E-state index contributed by atoms with van der Waals surface area (Å²) in [5, 5.41) is 15.4. The van der Waals surface area contributed by atoms with Gasteiger partial charge in [-0.25, -0.2) is 4.57 Å². The Balaban J connectivity index is 3.75. The van der Waals surface area contributed by atoms with E-state index in [4.69, 9.17) is 9.79 Å². The number of amides is 2. The minimum Gasteiger partial charge on any atom is -0.383 e. The van der Waals surface area contributed by atoms with Crippen LogP contribution in [0.4, 0.5) is 0 Å². The fourth-order valence-electron chi connectivity index (χ4n) is 3.53. The van der Waals surface area contributed by atoms with Crippen LogP contribution in [0.5, 0.6) is 0 Å². The number of nitrogens with one attached hydrogen (secondary N) is 2. The van der Waals surface area contributed by atoms with Gasteiger partial charge in [-0.1, -0.05) is 96.7 Å². The minimum atomic E-state index is -4.72. The van der Waals surface area contributed by atoms with E-state index in [0.29, 0.717) is 18.7 Å². The molecule has 0 rings (SSSR count). The third kappa shape index (κ3) is 21.6. The van der Waals surface area contributed by atoms with Crippen LogP contribution in [-0.2, 0) is 23.5 Å². The zero-order valence-corrected chi connectivity index (χ0v) is 24.5. The van der Waals surface area contributed by atoms with Gasteiger partial charge < -0.3 is 25.5 Å². The molecule has 1 atom stereocenters. The molecule has 0 aliphatic carbocycles. The van der Waals surface area contributed by atoms with Gasteiger partial charge in [-0.3, -0.25) is 18.9 Å². The Labute approximate surface area is 226 Å². The van der Waals surface area contributed by atoms with Gasteiger partial charge >= 0.3 is 7.82 Å². The monoisotopic (exact) mass is 568 g/mol. The first-order valence-corrected chi connectivity index (χ1v) is 16.0. The van der Waals surface area contributed by atoms with E-state index in [0.717, 1.165) is 12.8 Å². The molecule has 0 spiro atoms. The highest BCUT2D eigenvalue weighted by Crippen LogP contribution is 2.38. The second-order valence-electron chi connectivity index (χ2n) is 10.1. The van der Waals surface area contributed by atoms with Gasteiger partial charge in [-0.15, -0.1) is 0 Å². The largest absolute Gasteiger partial charge is 0.469 e. The molecule has 218 valence electrons. The van der Waals surface area contributed by atoms with E-state index in [1.807, 2.05) is 0 Å². The quantitative estimate of drug-likeness (QED) is 0.0903. The van der Waals surface area contributed by atoms with E-state index in [1.165, 1.54) is 83.4 Å². The topological polar surface area (TPSA) is 162 Å². The Bertz CT molecular complexity index is 702. The summed E-state index contributed by atoms with van der Waals surface area (Å²) in [7, 11) is -4.72. The van der Waals surface area contributed by atoms with Crippen molar-refractivity contribution in [1.82, 2.24) is 10.6 Å². The van der Waals surface area contributed by atoms with Crippen molar-refractivity contribution in [2.24, 2.45) is 5.41 Å². The maximum absolute atomic E-state index is 12.1. The number of thioether (sulfide) groups is 1. The molecule has 37 heavy (non-hydrogen) atoms. The van der Waals surface area contributed by atoms with Crippen LogP contribution in [0, 0.1) is 5.41 Å². The highest BCUT2D eigenvalue weighted by atomic mass is 32.2. The van der Waals surface area contributed by atoms with Crippen molar-refractivity contribution in [3.05, 3.63) is 0 Å². The lowest BCUT2D eigenvalue weighted by Gasteiger charge is -2.29. The van der Waals surface area contributed by atoms with Gasteiger partial charge in [0.05, 0.1) is 6.61 Å². The molecule has 2 amide bonds. The number of phosphoric acid groups is 1. The Hall–Kier alpha value is -0.970. The average molecular weight is 569 g/mol. The molecule has 0 bridgehead atoms. The van der Waals surface area contributed by atoms with Crippen LogP contribution in [-0.4, -0.2) is 63.4 Å². The summed E-state index contributed by atoms with van der Waals surface area (Å²) >= 11 is 1.22. The molecule has 0 fully saturated rings. The van der Waals surface area contributed by atoms with Crippen molar-refractivity contribution >= 4 is 36.5 Å². The summed E-state index contributed by atoms with van der Waals surface area (Å²) in [6.45, 7) is 4.89. The Kier molecular flexibility index (Phi) is 20.4. The fraction of sp³-hybridized carbons (Fsp3) is 0.880. The summed E-state index contributed by atoms with van der Waals surface area (Å²) < 4.78 is 15.2. The van der Waals surface area contributed by atoms with Crippen molar-refractivity contribution < 1.29 is 38.4 Å². The molecule has 0 aliphatic heterocycles. The van der Waals surface area contributed by atoms with Crippen LogP contribution < -0.4 is 10.6 Å². The molecule has 10 nitrogen and oxygen atoms in total. The summed E-state index contributed by atoms with van der Waals surface area (Å²) in [4.78, 5) is 53.5. The third-order valence-corrected chi connectivity index (χ3v) is 7.32. The normalized spacial score (nSPS) is 12.8. The van der Waals surface area contributed by atoms with Crippen LogP contribution in [0.3, 0.4) is 0 Å². The third-order valence-electron chi connectivity index (χ3n) is 5.92. The molecule has 0 heterocycles. The number of unbranched alkanes of at least 4 members (excludes halogenated alkanes) is 10. The fourth-order valence-corrected chi connectivity index (χ4v) is 4.75. The van der Waals surface area contributed by atoms with Crippen LogP contribution in [0.1, 0.15) is 104 Å². The van der Waals surface area contributed by atoms with E-state index in [-0.39, 0.29) is 24.0 Å².